The fourth-order valence-corrected chi connectivity index (χ4v) is 3.91. The van der Waals surface area contributed by atoms with Crippen LogP contribution in [0.15, 0.2) is 78.9 Å². The molecule has 0 fully saturated rings. The van der Waals surface area contributed by atoms with Gasteiger partial charge >= 0.3 is 6.09 Å². The number of anilines is 3. The van der Waals surface area contributed by atoms with Gasteiger partial charge in [0.25, 0.3) is 0 Å². The number of nitrogens with one attached hydrogen (secondary N) is 2. The van der Waals surface area contributed by atoms with Crippen molar-refractivity contribution in [2.75, 3.05) is 43.0 Å². The van der Waals surface area contributed by atoms with Gasteiger partial charge in [-0.1, -0.05) is 24.3 Å². The maximum Gasteiger partial charge on any atom is 0.412 e. The Kier molecular flexibility index (Phi) is 9.81. The molecule has 3 aromatic carbocycles. The van der Waals surface area contributed by atoms with E-state index in [4.69, 9.17) is 34.5 Å². The lowest BCUT2D eigenvalue weighted by molar-refractivity contribution is -0.112. The van der Waals surface area contributed by atoms with E-state index < -0.39 is 24.2 Å². The van der Waals surface area contributed by atoms with E-state index in [-0.39, 0.29) is 26.6 Å². The fraction of sp³-hybridized carbons (Fsp3) is 0.241. The summed E-state index contributed by atoms with van der Waals surface area (Å²) in [5, 5.41) is 14.5. The van der Waals surface area contributed by atoms with Gasteiger partial charge < -0.3 is 39.8 Å². The summed E-state index contributed by atoms with van der Waals surface area (Å²) in [4.78, 5) is 25.7. The maximum atomic E-state index is 13.0. The normalized spacial score (nSPS) is 13.4. The highest BCUT2D eigenvalue weighted by molar-refractivity contribution is 6.01. The first kappa shape index (κ1) is 28.3. The van der Waals surface area contributed by atoms with E-state index in [0.717, 1.165) is 0 Å². The van der Waals surface area contributed by atoms with Crippen LogP contribution >= 0.6 is 0 Å². The van der Waals surface area contributed by atoms with Crippen molar-refractivity contribution in [2.24, 2.45) is 0 Å². The number of ether oxygens (including phenoxy) is 5. The summed E-state index contributed by atoms with van der Waals surface area (Å²) in [6, 6.07) is 18.7. The molecule has 4 rings (SSSR count). The first-order valence-electron chi connectivity index (χ1n) is 12.6. The van der Waals surface area contributed by atoms with E-state index in [2.05, 4.69) is 10.6 Å². The Hall–Kier alpha value is -4.74. The van der Waals surface area contributed by atoms with E-state index in [9.17, 15) is 9.59 Å². The monoisotopic (exact) mass is 549 g/mol. The lowest BCUT2D eigenvalue weighted by Gasteiger charge is -2.26. The molecule has 3 aromatic rings. The first-order valence-corrected chi connectivity index (χ1v) is 12.6. The number of aliphatic hydroxyl groups excluding tert-OH is 1. The lowest BCUT2D eigenvalue weighted by atomic mass is 10.0. The molecule has 0 aromatic heterocycles. The zero-order valence-electron chi connectivity index (χ0n) is 21.9. The average Bonchev–Trinajstić information content (AvgIpc) is 3.42. The minimum absolute atomic E-state index is 0.0944. The summed E-state index contributed by atoms with van der Waals surface area (Å²) in [5.41, 5.74) is 7.80. The molecule has 0 aliphatic carbocycles. The molecule has 210 valence electrons. The largest absolute Gasteiger partial charge is 0.491 e. The van der Waals surface area contributed by atoms with Crippen LogP contribution in [0.4, 0.5) is 21.9 Å². The lowest BCUT2D eigenvalue weighted by Crippen LogP contribution is -2.28. The van der Waals surface area contributed by atoms with Crippen LogP contribution in [0.5, 0.6) is 17.2 Å². The zero-order valence-corrected chi connectivity index (χ0v) is 21.9. The predicted octanol–water partition coefficient (Wildman–Crippen LogP) is 4.26. The van der Waals surface area contributed by atoms with Crippen LogP contribution in [0, 0.1) is 0 Å². The Bertz CT molecular complexity index is 1350. The van der Waals surface area contributed by atoms with Crippen LogP contribution < -0.4 is 30.6 Å². The van der Waals surface area contributed by atoms with Crippen molar-refractivity contribution in [3.05, 3.63) is 84.4 Å². The SMILES string of the molecule is CCO[C@H](/C=C/C(=O)Nc1ccccc1N)[C@H](OC(=O)Nc1ccc2c(c1)OCO2)c1cccc(OCCO)c1. The Morgan fingerprint density at radius 3 is 2.67 bits per heavy atom. The molecule has 40 heavy (non-hydrogen) atoms. The third-order valence-corrected chi connectivity index (χ3v) is 5.71. The number of aliphatic hydroxyl groups is 1. The minimum Gasteiger partial charge on any atom is -0.491 e. The molecule has 11 nitrogen and oxygen atoms in total. The predicted molar refractivity (Wildman–Crippen MR) is 148 cm³/mol. The molecule has 1 aliphatic heterocycles. The molecular formula is C29H31N3O8. The van der Waals surface area contributed by atoms with Crippen LogP contribution in [-0.4, -0.2) is 49.8 Å². The van der Waals surface area contributed by atoms with E-state index >= 15 is 0 Å². The molecule has 11 heteroatoms. The molecule has 2 amide bonds. The number of nitrogens with two attached hydrogens (primary N) is 1. The summed E-state index contributed by atoms with van der Waals surface area (Å²) >= 11 is 0. The standard InChI is InChI=1S/C29H31N3O8/c1-2-36-25(12-13-27(34)32-23-9-4-3-8-22(23)30)28(19-6-5-7-21(16-19)37-15-14-33)40-29(35)31-20-10-11-24-26(17-20)39-18-38-24/h3-13,16-17,25,28,33H,2,14-15,18,30H2,1H3,(H,31,35)(H,32,34)/b13-12+/t25-,28-/m1/s1. The number of rotatable bonds is 12. The smallest absolute Gasteiger partial charge is 0.412 e. The maximum absolute atomic E-state index is 13.0. The number of hydrogen-bond donors (Lipinski definition) is 4. The number of nitrogen functional groups attached to an aromatic ring is 1. The van der Waals surface area contributed by atoms with Gasteiger partial charge in [0.05, 0.1) is 18.0 Å². The Balaban J connectivity index is 1.56. The van der Waals surface area contributed by atoms with E-state index in [0.29, 0.717) is 39.9 Å². The van der Waals surface area contributed by atoms with Crippen molar-refractivity contribution >= 4 is 29.1 Å². The highest BCUT2D eigenvalue weighted by Gasteiger charge is 2.27. The fourth-order valence-electron chi connectivity index (χ4n) is 3.91. The molecule has 0 radical (unpaired) electrons. The van der Waals surface area contributed by atoms with Crippen LogP contribution in [0.3, 0.4) is 0 Å². The summed E-state index contributed by atoms with van der Waals surface area (Å²) in [6.45, 7) is 2.10. The van der Waals surface area contributed by atoms with Crippen molar-refractivity contribution in [3.8, 4) is 17.2 Å². The van der Waals surface area contributed by atoms with Gasteiger partial charge in [-0.15, -0.1) is 0 Å². The molecule has 0 bridgehead atoms. The zero-order chi connectivity index (χ0) is 28.3. The van der Waals surface area contributed by atoms with Crippen LogP contribution in [0.2, 0.25) is 0 Å². The second kappa shape index (κ2) is 13.9. The molecule has 5 N–H and O–H groups in total. The third-order valence-electron chi connectivity index (χ3n) is 5.71. The molecule has 1 aliphatic rings. The number of carbonyl (C=O) groups is 2. The summed E-state index contributed by atoms with van der Waals surface area (Å²) < 4.78 is 28.0. The number of amides is 2. The van der Waals surface area contributed by atoms with Crippen molar-refractivity contribution in [3.63, 3.8) is 0 Å². The summed E-state index contributed by atoms with van der Waals surface area (Å²) in [7, 11) is 0. The molecule has 0 saturated carbocycles. The summed E-state index contributed by atoms with van der Waals surface area (Å²) in [5.74, 6) is 1.11. The van der Waals surface area contributed by atoms with Gasteiger partial charge in [0.2, 0.25) is 12.7 Å². The second-order valence-corrected chi connectivity index (χ2v) is 8.52. The molecular weight excluding hydrogens is 518 g/mol. The number of benzene rings is 3. The summed E-state index contributed by atoms with van der Waals surface area (Å²) in [6.07, 6.45) is 0.227. The molecule has 0 unspecified atom stereocenters. The molecule has 2 atom stereocenters. The van der Waals surface area contributed by atoms with Crippen LogP contribution in [0.25, 0.3) is 0 Å². The number of carbonyl (C=O) groups excluding carboxylic acids is 2. The van der Waals surface area contributed by atoms with Crippen molar-refractivity contribution < 1.29 is 38.4 Å². The van der Waals surface area contributed by atoms with Gasteiger partial charge in [-0.2, -0.15) is 0 Å². The van der Waals surface area contributed by atoms with Gasteiger partial charge in [0.1, 0.15) is 18.5 Å². The third kappa shape index (κ3) is 7.65. The van der Waals surface area contributed by atoms with Gasteiger partial charge in [0, 0.05) is 24.4 Å². The first-order chi connectivity index (χ1) is 19.5. The molecule has 1 heterocycles. The Morgan fingerprint density at radius 1 is 1.05 bits per heavy atom. The highest BCUT2D eigenvalue weighted by atomic mass is 16.7. The van der Waals surface area contributed by atoms with Gasteiger partial charge in [0.15, 0.2) is 17.6 Å². The Morgan fingerprint density at radius 2 is 1.88 bits per heavy atom. The quantitative estimate of drug-likeness (QED) is 0.192. The van der Waals surface area contributed by atoms with Gasteiger partial charge in [-0.05, 0) is 55.0 Å². The highest BCUT2D eigenvalue weighted by Crippen LogP contribution is 2.35. The second-order valence-electron chi connectivity index (χ2n) is 8.52. The molecule has 0 saturated heterocycles. The number of hydrogen-bond acceptors (Lipinski definition) is 9. The van der Waals surface area contributed by atoms with E-state index in [1.54, 1.807) is 73.7 Å². The number of para-hydroxylation sites is 2. The van der Waals surface area contributed by atoms with Crippen molar-refractivity contribution in [1.29, 1.82) is 0 Å². The minimum atomic E-state index is -0.975. The average molecular weight is 550 g/mol. The van der Waals surface area contributed by atoms with E-state index in [1.807, 2.05) is 0 Å². The van der Waals surface area contributed by atoms with Crippen LogP contribution in [0.1, 0.15) is 18.6 Å². The molecule has 0 spiro atoms. The van der Waals surface area contributed by atoms with Crippen molar-refractivity contribution in [1.82, 2.24) is 0 Å². The Labute approximate surface area is 231 Å². The van der Waals surface area contributed by atoms with Crippen molar-refractivity contribution in [2.45, 2.75) is 19.1 Å². The van der Waals surface area contributed by atoms with E-state index in [1.165, 1.54) is 12.2 Å². The van der Waals surface area contributed by atoms with Crippen LogP contribution in [-0.2, 0) is 14.3 Å². The van der Waals surface area contributed by atoms with Gasteiger partial charge in [-0.25, -0.2) is 4.79 Å². The number of fused-ring (bicyclic) bond motifs is 1. The van der Waals surface area contributed by atoms with Gasteiger partial charge in [-0.3, -0.25) is 10.1 Å². The topological polar surface area (TPSA) is 151 Å².